The van der Waals surface area contributed by atoms with E-state index in [4.69, 9.17) is 4.74 Å². The summed E-state index contributed by atoms with van der Waals surface area (Å²) in [6.45, 7) is 0.316. The Morgan fingerprint density at radius 1 is 1.16 bits per heavy atom. The van der Waals surface area contributed by atoms with Gasteiger partial charge in [-0.2, -0.15) is 13.2 Å². The largest absolute Gasteiger partial charge is 0.495 e. The molecule has 0 spiro atoms. The molecule has 0 radical (unpaired) electrons. The first-order valence-corrected chi connectivity index (χ1v) is 12.3. The zero-order valence-corrected chi connectivity index (χ0v) is 21.8. The van der Waals surface area contributed by atoms with E-state index in [0.717, 1.165) is 11.4 Å². The molecule has 0 unspecified atom stereocenters. The van der Waals surface area contributed by atoms with Crippen LogP contribution in [-0.4, -0.2) is 50.3 Å². The highest BCUT2D eigenvalue weighted by atomic mass is 79.9. The number of methoxy groups -OCH3 is 1. The van der Waals surface area contributed by atoms with Gasteiger partial charge in [-0.05, 0) is 60.0 Å². The number of carbonyl (C=O) groups is 1. The first-order valence-electron chi connectivity index (χ1n) is 11.5. The van der Waals surface area contributed by atoms with E-state index in [0.29, 0.717) is 21.9 Å². The lowest BCUT2D eigenvalue weighted by atomic mass is 10.1. The van der Waals surface area contributed by atoms with Crippen molar-refractivity contribution in [3.8, 4) is 22.7 Å². The lowest BCUT2D eigenvalue weighted by Crippen LogP contribution is -2.42. The summed E-state index contributed by atoms with van der Waals surface area (Å²) < 4.78 is 63.9. The first kappa shape index (κ1) is 25.9. The quantitative estimate of drug-likeness (QED) is 0.289. The molecule has 1 amide bonds. The molecule has 1 aliphatic rings. The van der Waals surface area contributed by atoms with Crippen LogP contribution in [0.2, 0.25) is 0 Å². The molecule has 1 atom stereocenters. The Morgan fingerprint density at radius 2 is 1.92 bits per heavy atom. The van der Waals surface area contributed by atoms with Gasteiger partial charge in [-0.15, -0.1) is 5.10 Å². The Balaban J connectivity index is 1.49. The lowest BCUT2D eigenvalue weighted by Gasteiger charge is -2.27. The Morgan fingerprint density at radius 3 is 2.61 bits per heavy atom. The number of nitrogens with zero attached hydrogens (tertiary/aromatic N) is 6. The summed E-state index contributed by atoms with van der Waals surface area (Å²) in [7, 11) is 1.53. The van der Waals surface area contributed by atoms with Crippen molar-refractivity contribution in [2.24, 2.45) is 0 Å². The minimum Gasteiger partial charge on any atom is -0.495 e. The molecule has 13 heteroatoms. The molecule has 1 aliphatic heterocycles. The second-order valence-corrected chi connectivity index (χ2v) is 9.70. The molecular formula is C25H21BrF4N6O2. The highest BCUT2D eigenvalue weighted by molar-refractivity contribution is 9.10. The number of amides is 1. The highest BCUT2D eigenvalue weighted by Gasteiger charge is 2.40. The maximum absolute atomic E-state index is 14.9. The van der Waals surface area contributed by atoms with Crippen LogP contribution in [-0.2, 0) is 11.2 Å². The molecule has 8 nitrogen and oxygen atoms in total. The summed E-state index contributed by atoms with van der Waals surface area (Å²) in [5.41, 5.74) is 2.53. The van der Waals surface area contributed by atoms with Gasteiger partial charge in [-0.3, -0.25) is 4.79 Å². The minimum atomic E-state index is -4.69. The van der Waals surface area contributed by atoms with Crippen LogP contribution in [0.1, 0.15) is 23.7 Å². The first-order chi connectivity index (χ1) is 18.1. The van der Waals surface area contributed by atoms with E-state index in [1.54, 1.807) is 18.5 Å². The van der Waals surface area contributed by atoms with Gasteiger partial charge in [0, 0.05) is 17.3 Å². The third-order valence-corrected chi connectivity index (χ3v) is 6.93. The third kappa shape index (κ3) is 4.89. The Bertz CT molecular complexity index is 1520. The fourth-order valence-electron chi connectivity index (χ4n) is 4.53. The molecule has 0 aliphatic carbocycles. The molecule has 0 N–H and O–H groups in total. The van der Waals surface area contributed by atoms with Crippen LogP contribution in [0.25, 0.3) is 16.9 Å². The molecule has 4 aromatic rings. The molecule has 3 heterocycles. The normalized spacial score (nSPS) is 15.9. The van der Waals surface area contributed by atoms with Gasteiger partial charge < -0.3 is 14.2 Å². The van der Waals surface area contributed by atoms with Crippen molar-refractivity contribution in [2.45, 2.75) is 32.0 Å². The van der Waals surface area contributed by atoms with Gasteiger partial charge in [0.2, 0.25) is 0 Å². The zero-order valence-electron chi connectivity index (χ0n) is 20.2. The van der Waals surface area contributed by atoms with Gasteiger partial charge in [0.05, 0.1) is 41.2 Å². The maximum atomic E-state index is 14.9. The number of hydrogen-bond acceptors (Lipinski definition) is 5. The van der Waals surface area contributed by atoms with Crippen molar-refractivity contribution < 1.29 is 27.1 Å². The number of hydrogen-bond donors (Lipinski definition) is 0. The predicted molar refractivity (Wildman–Crippen MR) is 134 cm³/mol. The highest BCUT2D eigenvalue weighted by Crippen LogP contribution is 2.37. The van der Waals surface area contributed by atoms with Crippen LogP contribution in [0.4, 0.5) is 23.2 Å². The number of ether oxygens (including phenoxy) is 1. The molecular weight excluding hydrogens is 572 g/mol. The summed E-state index contributed by atoms with van der Waals surface area (Å²) in [6.07, 6.45) is 0.383. The van der Waals surface area contributed by atoms with E-state index in [9.17, 15) is 22.4 Å². The van der Waals surface area contributed by atoms with Crippen LogP contribution in [0.3, 0.4) is 0 Å². The van der Waals surface area contributed by atoms with E-state index < -0.39 is 30.5 Å². The van der Waals surface area contributed by atoms with Crippen LogP contribution in [0.5, 0.6) is 5.75 Å². The molecule has 0 saturated heterocycles. The van der Waals surface area contributed by atoms with Crippen LogP contribution in [0.15, 0.2) is 53.5 Å². The van der Waals surface area contributed by atoms with Crippen LogP contribution in [0, 0.1) is 12.7 Å². The minimum absolute atomic E-state index is 0.0351. The summed E-state index contributed by atoms with van der Waals surface area (Å²) in [5, 5.41) is 8.21. The average molecular weight is 593 g/mol. The summed E-state index contributed by atoms with van der Waals surface area (Å²) in [6, 6.07) is 6.84. The van der Waals surface area contributed by atoms with Gasteiger partial charge in [0.1, 0.15) is 29.8 Å². The van der Waals surface area contributed by atoms with Gasteiger partial charge >= 0.3 is 6.18 Å². The number of halogens is 5. The van der Waals surface area contributed by atoms with Crippen molar-refractivity contribution in [3.05, 3.63) is 70.6 Å². The fraction of sp³-hybridized carbons (Fsp3) is 0.280. The molecule has 0 bridgehead atoms. The Hall–Kier alpha value is -3.74. The number of benzene rings is 2. The van der Waals surface area contributed by atoms with E-state index in [-0.39, 0.29) is 28.6 Å². The maximum Gasteiger partial charge on any atom is 0.406 e. The van der Waals surface area contributed by atoms with Gasteiger partial charge in [-0.25, -0.2) is 14.1 Å². The molecule has 2 aromatic heterocycles. The van der Waals surface area contributed by atoms with Crippen molar-refractivity contribution in [1.82, 2.24) is 24.5 Å². The lowest BCUT2D eigenvalue weighted by molar-refractivity contribution is -0.134. The van der Waals surface area contributed by atoms with Crippen LogP contribution >= 0.6 is 15.9 Å². The number of imidazole rings is 1. The summed E-state index contributed by atoms with van der Waals surface area (Å²) >= 11 is 3.07. The smallest absolute Gasteiger partial charge is 0.406 e. The predicted octanol–water partition coefficient (Wildman–Crippen LogP) is 5.43. The van der Waals surface area contributed by atoms with Crippen molar-refractivity contribution >= 4 is 27.5 Å². The van der Waals surface area contributed by atoms with Crippen LogP contribution < -0.4 is 9.64 Å². The molecule has 5 rings (SSSR count). The molecule has 38 heavy (non-hydrogen) atoms. The zero-order chi connectivity index (χ0) is 27.2. The number of aromatic nitrogens is 5. The number of alkyl halides is 3. The number of carbonyl (C=O) groups excluding carboxylic acids is 1. The molecule has 198 valence electrons. The summed E-state index contributed by atoms with van der Waals surface area (Å²) in [5.74, 6) is -1.00. The van der Waals surface area contributed by atoms with E-state index in [2.05, 4.69) is 31.2 Å². The third-order valence-electron chi connectivity index (χ3n) is 6.31. The van der Waals surface area contributed by atoms with Crippen molar-refractivity contribution in [3.63, 3.8) is 0 Å². The van der Waals surface area contributed by atoms with E-state index in [1.165, 1.54) is 30.1 Å². The second-order valence-electron chi connectivity index (χ2n) is 8.85. The molecule has 0 fully saturated rings. The van der Waals surface area contributed by atoms with Crippen molar-refractivity contribution in [2.75, 3.05) is 18.6 Å². The number of rotatable bonds is 5. The average Bonchev–Trinajstić information content (AvgIpc) is 3.51. The summed E-state index contributed by atoms with van der Waals surface area (Å²) in [4.78, 5) is 18.2. The number of fused-ring (bicyclic) bond motifs is 1. The van der Waals surface area contributed by atoms with Gasteiger partial charge in [-0.1, -0.05) is 11.3 Å². The standard InChI is InChI=1S/C25H21BrF4N6O2/c1-14-10-34(13-31-14)20-6-3-15(9-22(20)38-2)18-11-36(33-32-18)21-7-4-16-19(8-5-17(26)23(16)27)35(24(21)37)12-25(28,29)30/h3,5-6,8-11,13,21H,4,7,12H2,1-2H3/t21-/m0/s1. The van der Waals surface area contributed by atoms with Crippen molar-refractivity contribution in [1.29, 1.82) is 0 Å². The molecule has 0 saturated carbocycles. The second kappa shape index (κ2) is 9.86. The van der Waals surface area contributed by atoms with Gasteiger partial charge in [0.25, 0.3) is 5.91 Å². The number of anilines is 1. The molecule has 2 aromatic carbocycles. The fourth-order valence-corrected chi connectivity index (χ4v) is 4.90. The van der Waals surface area contributed by atoms with Gasteiger partial charge in [0.15, 0.2) is 0 Å². The Labute approximate surface area is 223 Å². The van der Waals surface area contributed by atoms with E-state index in [1.807, 2.05) is 23.8 Å². The SMILES string of the molecule is COc1cc(-c2cn([C@H]3CCc4c(ccc(Br)c4F)N(CC(F)(F)F)C3=O)nn2)ccc1-n1cnc(C)c1. The Kier molecular flexibility index (Phi) is 6.72. The number of aryl methyl sites for hydroxylation is 1. The van der Waals surface area contributed by atoms with E-state index >= 15 is 0 Å². The topological polar surface area (TPSA) is 78.1 Å². The monoisotopic (exact) mass is 592 g/mol.